The lowest BCUT2D eigenvalue weighted by atomic mass is 10.0. The van der Waals surface area contributed by atoms with Crippen LogP contribution in [0.2, 0.25) is 0 Å². The van der Waals surface area contributed by atoms with Crippen LogP contribution in [0.25, 0.3) is 11.3 Å². The number of likely N-dealkylation sites (tertiary alicyclic amines) is 1. The van der Waals surface area contributed by atoms with Crippen molar-refractivity contribution in [3.05, 3.63) is 71.5 Å². The van der Waals surface area contributed by atoms with Gasteiger partial charge in [-0.15, -0.1) is 0 Å². The summed E-state index contributed by atoms with van der Waals surface area (Å²) in [7, 11) is 1.63. The summed E-state index contributed by atoms with van der Waals surface area (Å²) in [6, 6.07) is 10.3. The van der Waals surface area contributed by atoms with Gasteiger partial charge in [0.2, 0.25) is 0 Å². The lowest BCUT2D eigenvalue weighted by Crippen LogP contribution is -2.24. The second kappa shape index (κ2) is 9.79. The van der Waals surface area contributed by atoms with Gasteiger partial charge in [0.05, 0.1) is 12.0 Å². The first-order chi connectivity index (χ1) is 14.1. The molecule has 1 aromatic carbocycles. The number of ether oxygens (including phenoxy) is 1. The van der Waals surface area contributed by atoms with Gasteiger partial charge in [0.15, 0.2) is 5.13 Å². The fraction of sp³-hybridized carbons (Fsp3) is 0.375. The van der Waals surface area contributed by atoms with Gasteiger partial charge in [-0.2, -0.15) is 0 Å². The van der Waals surface area contributed by atoms with Gasteiger partial charge in [-0.3, -0.25) is 0 Å². The molecule has 1 unspecified atom stereocenters. The molecule has 2 heterocycles. The first-order valence-corrected chi connectivity index (χ1v) is 11.1. The second-order valence-corrected chi connectivity index (χ2v) is 8.35. The number of methoxy groups -OCH3 is 1. The van der Waals surface area contributed by atoms with E-state index in [0.717, 1.165) is 51.7 Å². The van der Waals surface area contributed by atoms with Crippen LogP contribution in [0.5, 0.6) is 0 Å². The first kappa shape index (κ1) is 21.2. The van der Waals surface area contributed by atoms with E-state index >= 15 is 0 Å². The van der Waals surface area contributed by atoms with Crippen LogP contribution in [-0.4, -0.2) is 30.1 Å². The molecule has 0 saturated carbocycles. The number of allylic oxidation sites excluding steroid dienone is 1. The molecule has 1 aromatic heterocycles. The normalized spacial score (nSPS) is 16.7. The van der Waals surface area contributed by atoms with Crippen molar-refractivity contribution < 1.29 is 4.74 Å². The quantitative estimate of drug-likeness (QED) is 0.499. The maximum atomic E-state index is 5.43. The van der Waals surface area contributed by atoms with Crippen LogP contribution in [0.4, 0.5) is 5.13 Å². The summed E-state index contributed by atoms with van der Waals surface area (Å²) in [5.41, 5.74) is 3.05. The average molecular weight is 410 g/mol. The van der Waals surface area contributed by atoms with Crippen molar-refractivity contribution in [3.63, 3.8) is 0 Å². The predicted molar refractivity (Wildman–Crippen MR) is 125 cm³/mol. The van der Waals surface area contributed by atoms with Gasteiger partial charge in [0, 0.05) is 13.1 Å². The zero-order chi connectivity index (χ0) is 20.8. The van der Waals surface area contributed by atoms with E-state index in [-0.39, 0.29) is 0 Å². The van der Waals surface area contributed by atoms with Crippen molar-refractivity contribution in [2.75, 3.05) is 25.5 Å². The van der Waals surface area contributed by atoms with E-state index in [1.54, 1.807) is 18.4 Å². The summed E-state index contributed by atoms with van der Waals surface area (Å²) in [5.74, 6) is 2.25. The molecular weight excluding hydrogens is 378 g/mol. The van der Waals surface area contributed by atoms with Crippen molar-refractivity contribution >= 4 is 27.8 Å². The van der Waals surface area contributed by atoms with E-state index in [0.29, 0.717) is 5.76 Å². The van der Waals surface area contributed by atoms with E-state index in [2.05, 4.69) is 48.5 Å². The molecule has 1 aliphatic rings. The highest BCUT2D eigenvalue weighted by atomic mass is 32.1. The van der Waals surface area contributed by atoms with Crippen molar-refractivity contribution in [3.8, 4) is 0 Å². The van der Waals surface area contributed by atoms with Crippen LogP contribution < -0.4 is 5.32 Å². The van der Waals surface area contributed by atoms with E-state index in [1.165, 1.54) is 19.3 Å². The Morgan fingerprint density at radius 1 is 1.34 bits per heavy atom. The Hall–Kier alpha value is -2.53. The molecule has 1 atom stereocenters. The van der Waals surface area contributed by atoms with Crippen molar-refractivity contribution in [2.24, 2.45) is 5.92 Å². The molecule has 0 aliphatic carbocycles. The van der Waals surface area contributed by atoms with Gasteiger partial charge < -0.3 is 15.0 Å². The minimum Gasteiger partial charge on any atom is -0.495 e. The van der Waals surface area contributed by atoms with Crippen LogP contribution in [0.1, 0.15) is 49.2 Å². The number of anilines is 1. The summed E-state index contributed by atoms with van der Waals surface area (Å²) in [4.78, 5) is 8.18. The first-order valence-electron chi connectivity index (χ1n) is 10.2. The van der Waals surface area contributed by atoms with Gasteiger partial charge in [-0.1, -0.05) is 74.2 Å². The number of thiazole rings is 1. The molecular formula is C24H31N3OS. The molecule has 3 rings (SSSR count). The Bertz CT molecular complexity index is 885. The standard InChI is InChI=1S/C24H31N3OS/c1-6-11-19-14-15-27(16-19)18(4)25-24-26-22(17(3)28-5)23(29-24)21(7-2)20-12-9-8-10-13-20/h7-10,12-13,19H,3-4,6,11,14-16H2,1-2,5H3,(H,25,26)/b21-7-. The van der Waals surface area contributed by atoms with Crippen LogP contribution >= 0.6 is 11.3 Å². The lowest BCUT2D eigenvalue weighted by molar-refractivity contribution is 0.370. The maximum absolute atomic E-state index is 5.43. The summed E-state index contributed by atoms with van der Waals surface area (Å²) in [6.07, 6.45) is 5.87. The van der Waals surface area contributed by atoms with Crippen molar-refractivity contribution in [1.82, 2.24) is 9.88 Å². The molecule has 2 aromatic rings. The third-order valence-corrected chi connectivity index (χ3v) is 6.38. The Kier molecular flexibility index (Phi) is 7.15. The molecule has 1 aliphatic heterocycles. The zero-order valence-electron chi connectivity index (χ0n) is 17.7. The van der Waals surface area contributed by atoms with Gasteiger partial charge >= 0.3 is 0 Å². The highest BCUT2D eigenvalue weighted by molar-refractivity contribution is 7.17. The number of aromatic nitrogens is 1. The smallest absolute Gasteiger partial charge is 0.189 e. The van der Waals surface area contributed by atoms with Gasteiger partial charge in [0.25, 0.3) is 0 Å². The minimum absolute atomic E-state index is 0.564. The number of rotatable bonds is 9. The van der Waals surface area contributed by atoms with Gasteiger partial charge in [-0.25, -0.2) is 4.98 Å². The Balaban J connectivity index is 1.84. The van der Waals surface area contributed by atoms with E-state index in [1.807, 2.05) is 25.1 Å². The molecule has 29 heavy (non-hydrogen) atoms. The third-order valence-electron chi connectivity index (χ3n) is 5.37. The molecule has 4 nitrogen and oxygen atoms in total. The van der Waals surface area contributed by atoms with Gasteiger partial charge in [0.1, 0.15) is 17.3 Å². The molecule has 1 N–H and O–H groups in total. The topological polar surface area (TPSA) is 37.4 Å². The van der Waals surface area contributed by atoms with E-state index in [4.69, 9.17) is 9.72 Å². The van der Waals surface area contributed by atoms with Crippen molar-refractivity contribution in [1.29, 1.82) is 0 Å². The predicted octanol–water partition coefficient (Wildman–Crippen LogP) is 6.22. The lowest BCUT2D eigenvalue weighted by Gasteiger charge is -2.21. The summed E-state index contributed by atoms with van der Waals surface area (Å²) in [5, 5.41) is 4.24. The van der Waals surface area contributed by atoms with Crippen LogP contribution in [0.3, 0.4) is 0 Å². The molecule has 1 saturated heterocycles. The van der Waals surface area contributed by atoms with Crippen LogP contribution in [0, 0.1) is 5.92 Å². The summed E-state index contributed by atoms with van der Waals surface area (Å²) < 4.78 is 5.43. The second-order valence-electron chi connectivity index (χ2n) is 7.35. The highest BCUT2D eigenvalue weighted by Crippen LogP contribution is 2.37. The fourth-order valence-corrected chi connectivity index (χ4v) is 4.91. The third kappa shape index (κ3) is 4.91. The molecule has 5 heteroatoms. The number of benzene rings is 1. The van der Waals surface area contributed by atoms with Crippen molar-refractivity contribution in [2.45, 2.75) is 33.1 Å². The average Bonchev–Trinajstić information content (AvgIpc) is 3.37. The number of hydrogen-bond donors (Lipinski definition) is 1. The summed E-state index contributed by atoms with van der Waals surface area (Å²) in [6.45, 7) is 14.7. The highest BCUT2D eigenvalue weighted by Gasteiger charge is 2.24. The number of hydrogen-bond acceptors (Lipinski definition) is 5. The molecule has 0 bridgehead atoms. The molecule has 0 amide bonds. The van der Waals surface area contributed by atoms with Gasteiger partial charge in [-0.05, 0) is 36.8 Å². The van der Waals surface area contributed by atoms with E-state index in [9.17, 15) is 0 Å². The Labute approximate surface area is 178 Å². The Morgan fingerprint density at radius 2 is 2.10 bits per heavy atom. The Morgan fingerprint density at radius 3 is 2.76 bits per heavy atom. The SMILES string of the molecule is C=C(OC)c1nc(NC(=C)N2CCC(CCC)C2)sc1/C(=C\C)c1ccccc1. The minimum atomic E-state index is 0.564. The zero-order valence-corrected chi connectivity index (χ0v) is 18.5. The monoisotopic (exact) mass is 409 g/mol. The number of nitrogens with one attached hydrogen (secondary N) is 1. The molecule has 0 spiro atoms. The molecule has 154 valence electrons. The van der Waals surface area contributed by atoms with Crippen LogP contribution in [-0.2, 0) is 4.74 Å². The fourth-order valence-electron chi connectivity index (χ4n) is 3.81. The maximum Gasteiger partial charge on any atom is 0.189 e. The largest absolute Gasteiger partial charge is 0.495 e. The molecule has 1 fully saturated rings. The summed E-state index contributed by atoms with van der Waals surface area (Å²) >= 11 is 1.61. The number of nitrogens with zero attached hydrogens (tertiary/aromatic N) is 2. The van der Waals surface area contributed by atoms with Crippen LogP contribution in [0.15, 0.2) is 55.4 Å². The molecule has 0 radical (unpaired) electrons. The van der Waals surface area contributed by atoms with E-state index < -0.39 is 0 Å².